The maximum absolute atomic E-state index is 13.8. The Labute approximate surface area is 117 Å². The molecule has 0 heterocycles. The average molecular weight is 270 g/mol. The van der Waals surface area contributed by atoms with Crippen molar-refractivity contribution in [3.8, 4) is 11.8 Å². The van der Waals surface area contributed by atoms with E-state index in [1.165, 1.54) is 6.07 Å². The summed E-state index contributed by atoms with van der Waals surface area (Å²) in [5, 5.41) is 12.3. The fourth-order valence-electron chi connectivity index (χ4n) is 1.94. The van der Waals surface area contributed by atoms with E-state index in [-0.39, 0.29) is 0 Å². The van der Waals surface area contributed by atoms with Crippen LogP contribution in [0.2, 0.25) is 0 Å². The number of benzene rings is 2. The van der Waals surface area contributed by atoms with E-state index in [0.29, 0.717) is 17.0 Å². The fourth-order valence-corrected chi connectivity index (χ4v) is 1.94. The summed E-state index contributed by atoms with van der Waals surface area (Å²) in [6.07, 6.45) is 0. The number of aryl methyl sites for hydroxylation is 1. The lowest BCUT2D eigenvalue weighted by Crippen LogP contribution is -2.10. The van der Waals surface area contributed by atoms with E-state index in [1.807, 2.05) is 13.0 Å². The molecule has 0 aliphatic heterocycles. The highest BCUT2D eigenvalue weighted by Gasteiger charge is 2.15. The zero-order valence-corrected chi connectivity index (χ0v) is 11.4. The highest BCUT2D eigenvalue weighted by atomic mass is 19.1. The highest BCUT2D eigenvalue weighted by molar-refractivity contribution is 5.51. The lowest BCUT2D eigenvalue weighted by atomic mass is 10.0. The van der Waals surface area contributed by atoms with Crippen LogP contribution in [0, 0.1) is 24.1 Å². The SMILES string of the molecule is COc1cccc(NC(C#N)c2cc(C)ccc2F)c1. The molecule has 0 aromatic heterocycles. The lowest BCUT2D eigenvalue weighted by molar-refractivity contribution is 0.415. The minimum absolute atomic E-state index is 0.343. The van der Waals surface area contributed by atoms with Crippen LogP contribution in [0.15, 0.2) is 42.5 Å². The summed E-state index contributed by atoms with van der Waals surface area (Å²) in [5.74, 6) is 0.286. The van der Waals surface area contributed by atoms with Gasteiger partial charge in [-0.1, -0.05) is 23.8 Å². The van der Waals surface area contributed by atoms with Gasteiger partial charge in [-0.3, -0.25) is 0 Å². The van der Waals surface area contributed by atoms with E-state index in [4.69, 9.17) is 4.74 Å². The van der Waals surface area contributed by atoms with Gasteiger partial charge < -0.3 is 10.1 Å². The van der Waals surface area contributed by atoms with E-state index in [0.717, 1.165) is 5.56 Å². The van der Waals surface area contributed by atoms with Crippen molar-refractivity contribution in [2.75, 3.05) is 12.4 Å². The number of halogens is 1. The summed E-state index contributed by atoms with van der Waals surface area (Å²) in [4.78, 5) is 0. The molecule has 4 heteroatoms. The van der Waals surface area contributed by atoms with E-state index in [2.05, 4.69) is 11.4 Å². The van der Waals surface area contributed by atoms with Crippen LogP contribution >= 0.6 is 0 Å². The summed E-state index contributed by atoms with van der Waals surface area (Å²) in [5.41, 5.74) is 1.96. The normalized spacial score (nSPS) is 11.5. The molecule has 0 saturated carbocycles. The molecule has 20 heavy (non-hydrogen) atoms. The molecule has 0 aliphatic rings. The second-order valence-electron chi connectivity index (χ2n) is 4.46. The first kappa shape index (κ1) is 13.9. The lowest BCUT2D eigenvalue weighted by Gasteiger charge is -2.15. The molecule has 0 spiro atoms. The number of nitrogens with one attached hydrogen (secondary N) is 1. The summed E-state index contributed by atoms with van der Waals surface area (Å²) >= 11 is 0. The van der Waals surface area contributed by atoms with Gasteiger partial charge in [0, 0.05) is 17.3 Å². The van der Waals surface area contributed by atoms with Gasteiger partial charge in [0.15, 0.2) is 0 Å². The van der Waals surface area contributed by atoms with Crippen molar-refractivity contribution in [1.82, 2.24) is 0 Å². The number of hydrogen-bond donors (Lipinski definition) is 1. The Hall–Kier alpha value is -2.54. The van der Waals surface area contributed by atoms with Gasteiger partial charge in [-0.15, -0.1) is 0 Å². The molecule has 0 saturated heterocycles. The highest BCUT2D eigenvalue weighted by Crippen LogP contribution is 2.24. The van der Waals surface area contributed by atoms with Crippen LogP contribution in [0.1, 0.15) is 17.2 Å². The van der Waals surface area contributed by atoms with Crippen molar-refractivity contribution in [2.24, 2.45) is 0 Å². The molecule has 0 radical (unpaired) electrons. The summed E-state index contributed by atoms with van der Waals surface area (Å²) in [6.45, 7) is 1.86. The van der Waals surface area contributed by atoms with Crippen molar-refractivity contribution >= 4 is 5.69 Å². The number of anilines is 1. The quantitative estimate of drug-likeness (QED) is 0.918. The first-order valence-electron chi connectivity index (χ1n) is 6.20. The number of methoxy groups -OCH3 is 1. The van der Waals surface area contributed by atoms with Gasteiger partial charge in [0.05, 0.1) is 13.2 Å². The third kappa shape index (κ3) is 3.07. The largest absolute Gasteiger partial charge is 0.497 e. The van der Waals surface area contributed by atoms with Gasteiger partial charge in [-0.05, 0) is 25.1 Å². The van der Waals surface area contributed by atoms with Gasteiger partial charge in [0.25, 0.3) is 0 Å². The van der Waals surface area contributed by atoms with Crippen LogP contribution in [0.3, 0.4) is 0 Å². The Morgan fingerprint density at radius 2 is 2.05 bits per heavy atom. The maximum Gasteiger partial charge on any atom is 0.143 e. The Bertz CT molecular complexity index is 649. The Morgan fingerprint density at radius 1 is 1.25 bits per heavy atom. The van der Waals surface area contributed by atoms with E-state index in [9.17, 15) is 9.65 Å². The molecule has 2 rings (SSSR count). The van der Waals surface area contributed by atoms with Crippen LogP contribution < -0.4 is 10.1 Å². The topological polar surface area (TPSA) is 45.0 Å². The molecule has 0 fully saturated rings. The summed E-state index contributed by atoms with van der Waals surface area (Å²) < 4.78 is 19.0. The minimum Gasteiger partial charge on any atom is -0.497 e. The summed E-state index contributed by atoms with van der Waals surface area (Å²) in [7, 11) is 1.57. The van der Waals surface area contributed by atoms with Gasteiger partial charge in [-0.2, -0.15) is 5.26 Å². The second-order valence-corrected chi connectivity index (χ2v) is 4.46. The number of rotatable bonds is 4. The van der Waals surface area contributed by atoms with E-state index < -0.39 is 11.9 Å². The Morgan fingerprint density at radius 3 is 2.75 bits per heavy atom. The third-order valence-electron chi connectivity index (χ3n) is 2.97. The fraction of sp³-hybridized carbons (Fsp3) is 0.188. The smallest absolute Gasteiger partial charge is 0.143 e. The van der Waals surface area contributed by atoms with E-state index in [1.54, 1.807) is 37.4 Å². The molecule has 0 bridgehead atoms. The van der Waals surface area contributed by atoms with Gasteiger partial charge in [-0.25, -0.2) is 4.39 Å². The molecule has 102 valence electrons. The summed E-state index contributed by atoms with van der Waals surface area (Å²) in [6, 6.07) is 13.2. The van der Waals surface area contributed by atoms with Crippen molar-refractivity contribution in [3.05, 3.63) is 59.4 Å². The first-order valence-corrected chi connectivity index (χ1v) is 6.20. The van der Waals surface area contributed by atoms with Gasteiger partial charge in [0.2, 0.25) is 0 Å². The van der Waals surface area contributed by atoms with Crippen LogP contribution in [-0.4, -0.2) is 7.11 Å². The zero-order chi connectivity index (χ0) is 14.5. The molecule has 1 atom stereocenters. The Kier molecular flexibility index (Phi) is 4.21. The van der Waals surface area contributed by atoms with Crippen molar-refractivity contribution in [2.45, 2.75) is 13.0 Å². The predicted octanol–water partition coefficient (Wildman–Crippen LogP) is 3.82. The molecule has 3 nitrogen and oxygen atoms in total. The van der Waals surface area contributed by atoms with Crippen molar-refractivity contribution < 1.29 is 9.13 Å². The first-order chi connectivity index (χ1) is 9.63. The van der Waals surface area contributed by atoms with Gasteiger partial charge >= 0.3 is 0 Å². The molecular formula is C16H15FN2O. The number of ether oxygens (including phenoxy) is 1. The number of nitrogens with zero attached hydrogens (tertiary/aromatic N) is 1. The molecule has 2 aromatic rings. The third-order valence-corrected chi connectivity index (χ3v) is 2.97. The molecule has 0 amide bonds. The average Bonchev–Trinajstić information content (AvgIpc) is 2.47. The molecule has 1 unspecified atom stereocenters. The molecule has 0 aliphatic carbocycles. The van der Waals surface area contributed by atoms with Crippen molar-refractivity contribution in [1.29, 1.82) is 5.26 Å². The van der Waals surface area contributed by atoms with Gasteiger partial charge in [0.1, 0.15) is 17.6 Å². The van der Waals surface area contributed by atoms with Crippen LogP contribution in [0.5, 0.6) is 5.75 Å². The van der Waals surface area contributed by atoms with Crippen LogP contribution in [0.25, 0.3) is 0 Å². The second kappa shape index (κ2) is 6.07. The maximum atomic E-state index is 13.8. The van der Waals surface area contributed by atoms with E-state index >= 15 is 0 Å². The monoisotopic (exact) mass is 270 g/mol. The minimum atomic E-state index is -0.748. The number of hydrogen-bond acceptors (Lipinski definition) is 3. The van der Waals surface area contributed by atoms with Crippen molar-refractivity contribution in [3.63, 3.8) is 0 Å². The molecule has 1 N–H and O–H groups in total. The van der Waals surface area contributed by atoms with Crippen LogP contribution in [0.4, 0.5) is 10.1 Å². The standard InChI is InChI=1S/C16H15FN2O/c1-11-6-7-15(17)14(8-11)16(10-18)19-12-4-3-5-13(9-12)20-2/h3-9,16,19H,1-2H3. The zero-order valence-electron chi connectivity index (χ0n) is 11.4. The predicted molar refractivity (Wildman–Crippen MR) is 76.1 cm³/mol. The molecular weight excluding hydrogens is 255 g/mol. The Balaban J connectivity index is 2.29. The van der Waals surface area contributed by atoms with Crippen LogP contribution in [-0.2, 0) is 0 Å². The number of nitriles is 1. The molecule has 2 aromatic carbocycles.